The molecule has 0 bridgehead atoms. The Bertz CT molecular complexity index is 1740. The normalized spacial score (nSPS) is 14.8. The lowest BCUT2D eigenvalue weighted by Gasteiger charge is -2.29. The van der Waals surface area contributed by atoms with E-state index in [0.29, 0.717) is 17.2 Å². The Hall–Kier alpha value is -4.40. The Morgan fingerprint density at radius 2 is 0.630 bits per heavy atom. The molecule has 4 rings (SSSR count). The van der Waals surface area contributed by atoms with Crippen LogP contribution in [0.5, 0.6) is 34.5 Å². The molecule has 0 atom stereocenters. The minimum Gasteiger partial charge on any atom is -0.507 e. The molecule has 9 nitrogen and oxygen atoms in total. The average Bonchev–Trinajstić information content (AvgIpc) is 2.96. The molecule has 1 aliphatic heterocycles. The van der Waals surface area contributed by atoms with Crippen LogP contribution >= 0.6 is 0 Å². The second kappa shape index (κ2) is 14.0. The summed E-state index contributed by atoms with van der Waals surface area (Å²) in [6, 6.07) is 11.0. The Kier molecular flexibility index (Phi) is 11.0. The van der Waals surface area contributed by atoms with E-state index in [0.717, 1.165) is 38.7 Å². The molecule has 0 spiro atoms. The number of benzene rings is 3. The van der Waals surface area contributed by atoms with Gasteiger partial charge in [-0.3, -0.25) is 0 Å². The lowest BCUT2D eigenvalue weighted by Crippen LogP contribution is -2.32. The van der Waals surface area contributed by atoms with Crippen LogP contribution in [-0.2, 0) is 32.5 Å². The second-order valence-corrected chi connectivity index (χ2v) is 20.8. The number of hydrogen-bond donors (Lipinski definition) is 3. The smallest absolute Gasteiger partial charge is 0.227 e. The lowest BCUT2D eigenvalue weighted by molar-refractivity contribution is -0.0608. The first-order valence-corrected chi connectivity index (χ1v) is 18.9. The first-order chi connectivity index (χ1) is 24.3. The van der Waals surface area contributed by atoms with Gasteiger partial charge in [-0.15, -0.1) is 0 Å². The summed E-state index contributed by atoms with van der Waals surface area (Å²) in [6.07, 6.45) is 0.0864. The Labute approximate surface area is 324 Å². The molecule has 54 heavy (non-hydrogen) atoms. The van der Waals surface area contributed by atoms with Crippen LogP contribution in [0.2, 0.25) is 0 Å². The van der Waals surface area contributed by atoms with Gasteiger partial charge < -0.3 is 29.6 Å². The Balaban J connectivity index is 1.89. The summed E-state index contributed by atoms with van der Waals surface area (Å²) in [6.45, 7) is 36.8. The van der Waals surface area contributed by atoms with Gasteiger partial charge in [-0.25, -0.2) is 0 Å². The molecule has 0 aromatic heterocycles. The van der Waals surface area contributed by atoms with Gasteiger partial charge in [0.15, 0.2) is 5.75 Å². The van der Waals surface area contributed by atoms with E-state index in [4.69, 9.17) is 14.3 Å². The third-order valence-corrected chi connectivity index (χ3v) is 9.45. The van der Waals surface area contributed by atoms with Crippen molar-refractivity contribution in [2.45, 2.75) is 164 Å². The van der Waals surface area contributed by atoms with Gasteiger partial charge in [0.25, 0.3) is 0 Å². The van der Waals surface area contributed by atoms with Crippen molar-refractivity contribution in [1.29, 1.82) is 0 Å². The Morgan fingerprint density at radius 3 is 0.852 bits per heavy atom. The summed E-state index contributed by atoms with van der Waals surface area (Å²) in [5, 5.41) is 44.5. The third-order valence-electron chi connectivity index (χ3n) is 9.45. The highest BCUT2D eigenvalue weighted by molar-refractivity contribution is 5.99. The maximum absolute atomic E-state index is 11.4. The van der Waals surface area contributed by atoms with Crippen LogP contribution in [0.4, 0.5) is 0 Å². The van der Waals surface area contributed by atoms with Crippen LogP contribution in [0, 0.1) is 0 Å². The molecule has 3 aromatic carbocycles. The number of hydrogen-bond acceptors (Lipinski definition) is 9. The molecule has 0 radical (unpaired) electrons. The van der Waals surface area contributed by atoms with Crippen molar-refractivity contribution in [3.63, 3.8) is 0 Å². The summed E-state index contributed by atoms with van der Waals surface area (Å²) < 4.78 is 13.1. The molecule has 0 saturated heterocycles. The van der Waals surface area contributed by atoms with Gasteiger partial charge in [0.2, 0.25) is 11.8 Å². The van der Waals surface area contributed by atoms with Gasteiger partial charge in [-0.1, -0.05) is 135 Å². The fraction of sp³-hybridized carbons (Fsp3) is 0.556. The molecular weight excluding hydrogens is 679 g/mol. The minimum absolute atomic E-state index is 0.0864. The monoisotopic (exact) mass is 743 g/mol. The highest BCUT2D eigenvalue weighted by atomic mass is 16.7. The number of rotatable bonds is 4. The highest BCUT2D eigenvalue weighted by Gasteiger charge is 2.32. The molecular formula is C45H65N3O6. The fourth-order valence-corrected chi connectivity index (χ4v) is 6.36. The predicted molar refractivity (Wildman–Crippen MR) is 220 cm³/mol. The van der Waals surface area contributed by atoms with Gasteiger partial charge in [0, 0.05) is 38.7 Å². The first-order valence-electron chi connectivity index (χ1n) is 18.9. The van der Waals surface area contributed by atoms with Crippen LogP contribution in [0.15, 0.2) is 46.6 Å². The van der Waals surface area contributed by atoms with Gasteiger partial charge in [0.1, 0.15) is 35.2 Å². The van der Waals surface area contributed by atoms with Crippen molar-refractivity contribution in [3.8, 4) is 34.5 Å². The molecule has 0 amide bonds. The third kappa shape index (κ3) is 9.63. The lowest BCUT2D eigenvalue weighted by atomic mass is 9.79. The summed E-state index contributed by atoms with van der Waals surface area (Å²) in [5.74, 6) is 2.67. The van der Waals surface area contributed by atoms with Crippen LogP contribution in [0.1, 0.15) is 164 Å². The van der Waals surface area contributed by atoms with Crippen molar-refractivity contribution in [2.75, 3.05) is 0 Å². The number of nitrogens with zero attached hydrogens (tertiary/aromatic N) is 3. The zero-order valence-corrected chi connectivity index (χ0v) is 36.1. The highest BCUT2D eigenvalue weighted by Crippen LogP contribution is 2.45. The fourth-order valence-electron chi connectivity index (χ4n) is 6.36. The number of aromatic hydroxyl groups is 3. The van der Waals surface area contributed by atoms with E-state index < -0.39 is 0 Å². The van der Waals surface area contributed by atoms with Crippen molar-refractivity contribution < 1.29 is 29.6 Å². The summed E-state index contributed by atoms with van der Waals surface area (Å²) in [7, 11) is 0. The van der Waals surface area contributed by atoms with E-state index in [-0.39, 0.29) is 68.0 Å². The van der Waals surface area contributed by atoms with Gasteiger partial charge >= 0.3 is 0 Å². The summed E-state index contributed by atoms with van der Waals surface area (Å²) in [5.41, 5.74) is 2.21. The Morgan fingerprint density at radius 1 is 0.407 bits per heavy atom. The van der Waals surface area contributed by atoms with Crippen LogP contribution in [-0.4, -0.2) is 32.4 Å². The van der Waals surface area contributed by atoms with Crippen LogP contribution < -0.4 is 14.3 Å². The molecule has 296 valence electrons. The van der Waals surface area contributed by atoms with Gasteiger partial charge in [-0.2, -0.15) is 0 Å². The molecule has 0 aliphatic carbocycles. The van der Waals surface area contributed by atoms with E-state index in [1.54, 1.807) is 0 Å². The molecule has 3 aromatic rings. The molecule has 0 fully saturated rings. The quantitative estimate of drug-likeness (QED) is 0.244. The number of phenolic OH excluding ortho intramolecular Hbond substituents is 3. The SMILES string of the molecule is CC(C)(C)c1cc(OC2=NN(Oc3cc(C(C)(C)C)c(O)c(C(C)(C)C)c3)N=C(Oc3cc(C(C)(C)C)c(O)c(C(C)(C)C)c3)C2)cc(C(C)(C)C)c1O. The first kappa shape index (κ1) is 42.3. The molecule has 3 N–H and O–H groups in total. The zero-order chi connectivity index (χ0) is 41.1. The van der Waals surface area contributed by atoms with E-state index >= 15 is 0 Å². The zero-order valence-electron chi connectivity index (χ0n) is 36.1. The maximum atomic E-state index is 11.4. The molecule has 1 aliphatic rings. The predicted octanol–water partition coefficient (Wildman–Crippen LogP) is 11.4. The molecule has 9 heteroatoms. The average molecular weight is 744 g/mol. The minimum atomic E-state index is -0.386. The van der Waals surface area contributed by atoms with E-state index in [9.17, 15) is 15.3 Å². The standard InChI is InChI=1S/C45H65N3O6/c1-40(2,3)29-19-26(20-30(37(29)49)41(4,5)6)52-35-25-36(53-27-21-31(42(7,8)9)38(50)32(22-27)43(10,11)12)47-48(46-35)54-28-23-33(44(13,14)15)39(51)34(24-28)45(16,17)18/h19-24,49-51H,25H2,1-18H3. The molecule has 1 heterocycles. The topological polar surface area (TPSA) is 116 Å². The van der Waals surface area contributed by atoms with Crippen molar-refractivity contribution in [3.05, 3.63) is 69.8 Å². The second-order valence-electron chi connectivity index (χ2n) is 20.8. The largest absolute Gasteiger partial charge is 0.507 e. The van der Waals surface area contributed by atoms with E-state index in [1.807, 2.05) is 77.9 Å². The van der Waals surface area contributed by atoms with Crippen molar-refractivity contribution in [1.82, 2.24) is 5.28 Å². The summed E-state index contributed by atoms with van der Waals surface area (Å²) in [4.78, 5) is 6.38. The molecule has 0 saturated carbocycles. The molecule has 0 unspecified atom stereocenters. The van der Waals surface area contributed by atoms with Crippen molar-refractivity contribution >= 4 is 11.8 Å². The van der Waals surface area contributed by atoms with E-state index in [2.05, 4.69) is 93.3 Å². The number of ether oxygens (including phenoxy) is 2. The van der Waals surface area contributed by atoms with Crippen LogP contribution in [0.3, 0.4) is 0 Å². The van der Waals surface area contributed by atoms with Gasteiger partial charge in [0.05, 0.1) is 0 Å². The number of hydrazone groups is 2. The van der Waals surface area contributed by atoms with Crippen LogP contribution in [0.25, 0.3) is 0 Å². The van der Waals surface area contributed by atoms with Crippen molar-refractivity contribution in [2.24, 2.45) is 10.2 Å². The van der Waals surface area contributed by atoms with E-state index in [1.165, 1.54) is 0 Å². The maximum Gasteiger partial charge on any atom is 0.227 e. The number of phenols is 3. The summed E-state index contributed by atoms with van der Waals surface area (Å²) >= 11 is 0. The van der Waals surface area contributed by atoms with Gasteiger partial charge in [-0.05, 0) is 68.9 Å².